The Balaban J connectivity index is 2.65. The second kappa shape index (κ2) is 5.75. The SMILES string of the molecule is CCC(C)(C)Cn1c(C(C)Cl)nc2cc(Cl)c(Cl)cc21. The van der Waals surface area contributed by atoms with Gasteiger partial charge < -0.3 is 4.57 Å². The molecule has 0 bridgehead atoms. The molecule has 0 amide bonds. The van der Waals surface area contributed by atoms with Gasteiger partial charge in [-0.1, -0.05) is 44.0 Å². The number of imidazole rings is 1. The molecule has 1 heterocycles. The van der Waals surface area contributed by atoms with Gasteiger partial charge in [0.15, 0.2) is 0 Å². The van der Waals surface area contributed by atoms with Crippen LogP contribution >= 0.6 is 34.8 Å². The summed E-state index contributed by atoms with van der Waals surface area (Å²) in [6.07, 6.45) is 1.07. The van der Waals surface area contributed by atoms with Crippen molar-refractivity contribution < 1.29 is 0 Å². The van der Waals surface area contributed by atoms with Gasteiger partial charge in [-0.3, -0.25) is 0 Å². The van der Waals surface area contributed by atoms with E-state index in [9.17, 15) is 0 Å². The van der Waals surface area contributed by atoms with Gasteiger partial charge in [0.25, 0.3) is 0 Å². The summed E-state index contributed by atoms with van der Waals surface area (Å²) < 4.78 is 2.17. The number of halogens is 3. The Morgan fingerprint density at radius 2 is 1.85 bits per heavy atom. The minimum atomic E-state index is -0.160. The van der Waals surface area contributed by atoms with E-state index >= 15 is 0 Å². The predicted molar refractivity (Wildman–Crippen MR) is 88.1 cm³/mol. The van der Waals surface area contributed by atoms with E-state index in [1.54, 1.807) is 6.07 Å². The first-order valence-electron chi connectivity index (χ1n) is 6.74. The number of nitrogens with zero attached hydrogens (tertiary/aromatic N) is 2. The van der Waals surface area contributed by atoms with E-state index in [0.717, 1.165) is 29.8 Å². The summed E-state index contributed by atoms with van der Waals surface area (Å²) in [5, 5.41) is 0.906. The molecule has 0 aliphatic carbocycles. The largest absolute Gasteiger partial charge is 0.326 e. The molecule has 0 aliphatic rings. The molecule has 20 heavy (non-hydrogen) atoms. The van der Waals surface area contributed by atoms with Gasteiger partial charge >= 0.3 is 0 Å². The van der Waals surface area contributed by atoms with Crippen LogP contribution in [0.5, 0.6) is 0 Å². The zero-order valence-electron chi connectivity index (χ0n) is 12.2. The van der Waals surface area contributed by atoms with Crippen LogP contribution in [-0.4, -0.2) is 9.55 Å². The van der Waals surface area contributed by atoms with Crippen molar-refractivity contribution >= 4 is 45.8 Å². The second-order valence-electron chi connectivity index (χ2n) is 5.94. The van der Waals surface area contributed by atoms with Crippen LogP contribution in [-0.2, 0) is 6.54 Å². The summed E-state index contributed by atoms with van der Waals surface area (Å²) in [4.78, 5) is 4.62. The monoisotopic (exact) mass is 332 g/mol. The van der Waals surface area contributed by atoms with Crippen LogP contribution in [0.4, 0.5) is 0 Å². The molecule has 0 saturated heterocycles. The molecule has 1 atom stereocenters. The summed E-state index contributed by atoms with van der Waals surface area (Å²) >= 11 is 18.5. The maximum Gasteiger partial charge on any atom is 0.127 e. The smallest absolute Gasteiger partial charge is 0.127 e. The normalized spacial score (nSPS) is 13.9. The number of benzene rings is 1. The zero-order chi connectivity index (χ0) is 15.1. The Bertz CT molecular complexity index is 630. The van der Waals surface area contributed by atoms with Crippen molar-refractivity contribution in [2.24, 2.45) is 5.41 Å². The van der Waals surface area contributed by atoms with Crippen LogP contribution in [0.2, 0.25) is 10.0 Å². The molecule has 5 heteroatoms. The molecule has 0 radical (unpaired) electrons. The predicted octanol–water partition coefficient (Wildman–Crippen LogP) is 6.08. The lowest BCUT2D eigenvalue weighted by Crippen LogP contribution is -2.20. The van der Waals surface area contributed by atoms with Gasteiger partial charge in [0, 0.05) is 6.54 Å². The van der Waals surface area contributed by atoms with Crippen LogP contribution in [0.15, 0.2) is 12.1 Å². The quantitative estimate of drug-likeness (QED) is 0.620. The molecule has 110 valence electrons. The van der Waals surface area contributed by atoms with Crippen molar-refractivity contribution in [2.75, 3.05) is 0 Å². The van der Waals surface area contributed by atoms with Crippen LogP contribution < -0.4 is 0 Å². The summed E-state index contributed by atoms with van der Waals surface area (Å²) in [6.45, 7) is 9.44. The van der Waals surface area contributed by atoms with E-state index in [4.69, 9.17) is 34.8 Å². The Kier molecular flexibility index (Phi) is 4.58. The Hall–Kier alpha value is -0.440. The number of rotatable bonds is 4. The van der Waals surface area contributed by atoms with Gasteiger partial charge in [0.2, 0.25) is 0 Å². The highest BCUT2D eigenvalue weighted by molar-refractivity contribution is 6.42. The van der Waals surface area contributed by atoms with Gasteiger partial charge in [-0.25, -0.2) is 4.98 Å². The zero-order valence-corrected chi connectivity index (χ0v) is 14.4. The van der Waals surface area contributed by atoms with Crippen LogP contribution in [0.25, 0.3) is 11.0 Å². The van der Waals surface area contributed by atoms with Crippen LogP contribution in [0, 0.1) is 5.41 Å². The maximum absolute atomic E-state index is 6.28. The van der Waals surface area contributed by atoms with Crippen LogP contribution in [0.3, 0.4) is 0 Å². The highest BCUT2D eigenvalue weighted by Crippen LogP contribution is 2.33. The fourth-order valence-corrected chi connectivity index (χ4v) is 2.63. The molecule has 0 aliphatic heterocycles. The molecule has 0 saturated carbocycles. The molecule has 2 aromatic rings. The van der Waals surface area contributed by atoms with E-state index < -0.39 is 0 Å². The van der Waals surface area contributed by atoms with E-state index in [-0.39, 0.29) is 10.8 Å². The lowest BCUT2D eigenvalue weighted by molar-refractivity contribution is 0.294. The topological polar surface area (TPSA) is 17.8 Å². The van der Waals surface area contributed by atoms with Crippen LogP contribution in [0.1, 0.15) is 45.3 Å². The molecule has 0 spiro atoms. The molecule has 0 N–H and O–H groups in total. The molecule has 2 rings (SSSR count). The average molecular weight is 334 g/mol. The standard InChI is InChI=1S/C15H19Cl3N2/c1-5-15(3,4)8-20-13-7-11(18)10(17)6-12(13)19-14(20)9(2)16/h6-7,9H,5,8H2,1-4H3. The summed E-state index contributed by atoms with van der Waals surface area (Å²) in [5.74, 6) is 0.863. The van der Waals surface area contributed by atoms with Crippen molar-refractivity contribution in [3.05, 3.63) is 28.0 Å². The van der Waals surface area contributed by atoms with Gasteiger partial charge in [-0.2, -0.15) is 0 Å². The summed E-state index contributed by atoms with van der Waals surface area (Å²) in [5.41, 5.74) is 2.00. The third kappa shape index (κ3) is 3.08. The number of aromatic nitrogens is 2. The van der Waals surface area contributed by atoms with Gasteiger partial charge in [0.1, 0.15) is 5.82 Å². The minimum absolute atomic E-state index is 0.160. The highest BCUT2D eigenvalue weighted by atomic mass is 35.5. The fourth-order valence-electron chi connectivity index (χ4n) is 2.15. The van der Waals surface area contributed by atoms with Crippen molar-refractivity contribution in [3.63, 3.8) is 0 Å². The Morgan fingerprint density at radius 3 is 2.40 bits per heavy atom. The first kappa shape index (κ1) is 15.9. The van der Waals surface area contributed by atoms with Gasteiger partial charge in [-0.15, -0.1) is 11.6 Å². The van der Waals surface area contributed by atoms with E-state index in [1.807, 2.05) is 13.0 Å². The third-order valence-corrected chi connectivity index (χ3v) is 4.64. The lowest BCUT2D eigenvalue weighted by atomic mass is 9.90. The summed E-state index contributed by atoms with van der Waals surface area (Å²) in [6, 6.07) is 3.68. The average Bonchev–Trinajstić information content (AvgIpc) is 2.68. The molecule has 1 aromatic carbocycles. The van der Waals surface area contributed by atoms with Crippen molar-refractivity contribution in [2.45, 2.75) is 46.0 Å². The van der Waals surface area contributed by atoms with Gasteiger partial charge in [0.05, 0.1) is 26.5 Å². The third-order valence-electron chi connectivity index (χ3n) is 3.72. The van der Waals surface area contributed by atoms with Crippen molar-refractivity contribution in [1.82, 2.24) is 9.55 Å². The van der Waals surface area contributed by atoms with E-state index in [0.29, 0.717) is 10.0 Å². The Morgan fingerprint density at radius 1 is 1.25 bits per heavy atom. The first-order valence-corrected chi connectivity index (χ1v) is 7.93. The number of hydrogen-bond acceptors (Lipinski definition) is 1. The maximum atomic E-state index is 6.28. The van der Waals surface area contributed by atoms with Crippen molar-refractivity contribution in [3.8, 4) is 0 Å². The number of alkyl halides is 1. The van der Waals surface area contributed by atoms with Crippen molar-refractivity contribution in [1.29, 1.82) is 0 Å². The molecule has 0 fully saturated rings. The van der Waals surface area contributed by atoms with E-state index in [2.05, 4.69) is 30.3 Å². The molecular formula is C15H19Cl3N2. The van der Waals surface area contributed by atoms with E-state index in [1.165, 1.54) is 0 Å². The fraction of sp³-hybridized carbons (Fsp3) is 0.533. The second-order valence-corrected chi connectivity index (χ2v) is 7.41. The first-order chi connectivity index (χ1) is 9.25. The lowest BCUT2D eigenvalue weighted by Gasteiger charge is -2.25. The number of fused-ring (bicyclic) bond motifs is 1. The minimum Gasteiger partial charge on any atom is -0.326 e. The summed E-state index contributed by atoms with van der Waals surface area (Å²) in [7, 11) is 0. The van der Waals surface area contributed by atoms with Gasteiger partial charge in [-0.05, 0) is 30.9 Å². The number of hydrogen-bond donors (Lipinski definition) is 0. The Labute approximate surface area is 135 Å². The molecule has 1 aromatic heterocycles. The highest BCUT2D eigenvalue weighted by Gasteiger charge is 2.22. The molecular weight excluding hydrogens is 315 g/mol. The molecule has 2 nitrogen and oxygen atoms in total. The molecule has 1 unspecified atom stereocenters.